The fraction of sp³-hybridized carbons (Fsp3) is 0.560. The number of hydrogen-bond donors (Lipinski definition) is 0. The summed E-state index contributed by atoms with van der Waals surface area (Å²) in [7, 11) is 0. The smallest absolute Gasteiger partial charge is 0.314 e. The summed E-state index contributed by atoms with van der Waals surface area (Å²) >= 11 is 0. The quantitative estimate of drug-likeness (QED) is 0.217. The molecule has 1 aromatic carbocycles. The monoisotopic (exact) mass is 418 g/mol. The van der Waals surface area contributed by atoms with Crippen molar-refractivity contribution < 1.29 is 23.0 Å². The van der Waals surface area contributed by atoms with E-state index in [4.69, 9.17) is 9.47 Å². The Morgan fingerprint density at radius 2 is 1.43 bits per heavy atom. The summed E-state index contributed by atoms with van der Waals surface area (Å²) in [5.41, 5.74) is 0. The van der Waals surface area contributed by atoms with Crippen LogP contribution in [0.2, 0.25) is 0 Å². The van der Waals surface area contributed by atoms with Gasteiger partial charge in [0.15, 0.2) is 11.5 Å². The zero-order valence-electron chi connectivity index (χ0n) is 17.9. The third-order valence-corrected chi connectivity index (χ3v) is 6.61. The van der Waals surface area contributed by atoms with Gasteiger partial charge in [0.1, 0.15) is 0 Å². The van der Waals surface area contributed by atoms with Crippen molar-refractivity contribution >= 4 is 5.97 Å². The number of allylic oxidation sites excluding steroid dienone is 3. The van der Waals surface area contributed by atoms with Crippen LogP contribution in [0.4, 0.5) is 8.78 Å². The zero-order chi connectivity index (χ0) is 21.5. The van der Waals surface area contributed by atoms with E-state index in [-0.39, 0.29) is 17.4 Å². The second-order valence-corrected chi connectivity index (χ2v) is 8.51. The van der Waals surface area contributed by atoms with Gasteiger partial charge in [-0.3, -0.25) is 4.79 Å². The summed E-state index contributed by atoms with van der Waals surface area (Å²) in [6, 6.07) is 2.51. The van der Waals surface area contributed by atoms with Gasteiger partial charge in [-0.15, -0.1) is 0 Å². The lowest BCUT2D eigenvalue weighted by atomic mass is 9.69. The van der Waals surface area contributed by atoms with Crippen molar-refractivity contribution in [2.45, 2.75) is 65.2 Å². The highest BCUT2D eigenvalue weighted by molar-refractivity contribution is 5.75. The number of esters is 1. The van der Waals surface area contributed by atoms with Crippen molar-refractivity contribution in [3.63, 3.8) is 0 Å². The summed E-state index contributed by atoms with van der Waals surface area (Å²) in [6.07, 6.45) is 15.9. The molecular weight excluding hydrogens is 386 g/mol. The molecule has 0 aliphatic heterocycles. The topological polar surface area (TPSA) is 35.5 Å². The van der Waals surface area contributed by atoms with Gasteiger partial charge in [-0.1, -0.05) is 18.2 Å². The minimum Gasteiger partial charge on any atom is -0.462 e. The highest BCUT2D eigenvalue weighted by Crippen LogP contribution is 2.42. The second kappa shape index (κ2) is 10.7. The van der Waals surface area contributed by atoms with E-state index >= 15 is 0 Å². The van der Waals surface area contributed by atoms with Crippen LogP contribution >= 0.6 is 0 Å². The van der Waals surface area contributed by atoms with Crippen LogP contribution < -0.4 is 9.47 Å². The molecule has 0 unspecified atom stereocenters. The maximum absolute atomic E-state index is 14.2. The number of rotatable bonds is 6. The van der Waals surface area contributed by atoms with Crippen molar-refractivity contribution in [2.24, 2.45) is 23.7 Å². The molecular formula is C25H32F2O3. The first-order valence-corrected chi connectivity index (χ1v) is 11.1. The Balaban J connectivity index is 1.50. The molecule has 5 heteroatoms. The first kappa shape index (κ1) is 22.5. The summed E-state index contributed by atoms with van der Waals surface area (Å²) in [4.78, 5) is 12.5. The van der Waals surface area contributed by atoms with Crippen LogP contribution in [0.3, 0.4) is 0 Å². The molecule has 2 aliphatic carbocycles. The molecule has 0 spiro atoms. The highest BCUT2D eigenvalue weighted by Gasteiger charge is 2.33. The Labute approximate surface area is 178 Å². The van der Waals surface area contributed by atoms with E-state index in [1.165, 1.54) is 44.1 Å². The van der Waals surface area contributed by atoms with Crippen LogP contribution in [0, 0.1) is 35.3 Å². The molecule has 0 bridgehead atoms. The van der Waals surface area contributed by atoms with Gasteiger partial charge in [0.25, 0.3) is 0 Å². The standard InChI is InChI=1S/C25H32F2O3/c1-3-5-17-6-8-18(9-7-17)19-10-12-20(13-11-19)25(28)30-22-15-14-21(29-16-4-2)23(26)24(22)27/h3-5,14-20H,6-13H2,1-2H3. The molecule has 164 valence electrons. The Hall–Kier alpha value is -2.17. The Kier molecular flexibility index (Phi) is 8.06. The van der Waals surface area contributed by atoms with Gasteiger partial charge in [-0.25, -0.2) is 0 Å². The normalized spacial score (nSPS) is 27.5. The molecule has 2 aliphatic rings. The van der Waals surface area contributed by atoms with Crippen molar-refractivity contribution in [1.82, 2.24) is 0 Å². The fourth-order valence-electron chi connectivity index (χ4n) is 4.92. The van der Waals surface area contributed by atoms with Crippen molar-refractivity contribution in [3.05, 3.63) is 48.3 Å². The van der Waals surface area contributed by atoms with Crippen molar-refractivity contribution in [3.8, 4) is 11.5 Å². The molecule has 0 saturated heterocycles. The van der Waals surface area contributed by atoms with Gasteiger partial charge in [0.05, 0.1) is 12.2 Å². The summed E-state index contributed by atoms with van der Waals surface area (Å²) in [5, 5.41) is 0. The number of benzene rings is 1. The van der Waals surface area contributed by atoms with Crippen molar-refractivity contribution in [2.75, 3.05) is 0 Å². The lowest BCUT2D eigenvalue weighted by molar-refractivity contribution is -0.140. The van der Waals surface area contributed by atoms with E-state index in [1.54, 1.807) is 13.0 Å². The zero-order valence-corrected chi connectivity index (χ0v) is 17.9. The van der Waals surface area contributed by atoms with E-state index < -0.39 is 17.6 Å². The third kappa shape index (κ3) is 5.50. The molecule has 0 heterocycles. The molecule has 2 fully saturated rings. The maximum Gasteiger partial charge on any atom is 0.314 e. The second-order valence-electron chi connectivity index (χ2n) is 8.51. The van der Waals surface area contributed by atoms with E-state index in [2.05, 4.69) is 19.1 Å². The number of carbonyl (C=O) groups excluding carboxylic acids is 1. The number of ether oxygens (including phenoxy) is 2. The molecule has 2 saturated carbocycles. The van der Waals surface area contributed by atoms with Gasteiger partial charge in [0, 0.05) is 0 Å². The Morgan fingerprint density at radius 3 is 2.03 bits per heavy atom. The van der Waals surface area contributed by atoms with E-state index in [9.17, 15) is 13.6 Å². The Morgan fingerprint density at radius 1 is 0.867 bits per heavy atom. The predicted molar refractivity (Wildman–Crippen MR) is 113 cm³/mol. The van der Waals surface area contributed by atoms with E-state index in [1.807, 2.05) is 0 Å². The summed E-state index contributed by atoms with van der Waals surface area (Å²) < 4.78 is 38.5. The van der Waals surface area contributed by atoms with Crippen LogP contribution in [-0.4, -0.2) is 5.97 Å². The van der Waals surface area contributed by atoms with Crippen LogP contribution in [0.5, 0.6) is 11.5 Å². The van der Waals surface area contributed by atoms with Crippen LogP contribution in [-0.2, 0) is 4.79 Å². The summed E-state index contributed by atoms with van der Waals surface area (Å²) in [6.45, 7) is 3.78. The molecule has 1 aromatic rings. The molecule has 3 rings (SSSR count). The van der Waals surface area contributed by atoms with Crippen LogP contribution in [0.25, 0.3) is 0 Å². The van der Waals surface area contributed by atoms with Gasteiger partial charge < -0.3 is 9.47 Å². The van der Waals surface area contributed by atoms with Gasteiger partial charge in [-0.2, -0.15) is 8.78 Å². The Bertz CT molecular complexity index is 771. The minimum atomic E-state index is -1.20. The molecule has 0 N–H and O–H groups in total. The molecule has 0 aromatic heterocycles. The van der Waals surface area contributed by atoms with E-state index in [0.29, 0.717) is 5.92 Å². The van der Waals surface area contributed by atoms with Gasteiger partial charge in [-0.05, 0) is 95.1 Å². The first-order valence-electron chi connectivity index (χ1n) is 11.1. The lowest BCUT2D eigenvalue weighted by Gasteiger charge is -2.36. The fourth-order valence-corrected chi connectivity index (χ4v) is 4.92. The predicted octanol–water partition coefficient (Wildman–Crippen LogP) is 6.97. The molecule has 0 amide bonds. The van der Waals surface area contributed by atoms with Crippen LogP contribution in [0.1, 0.15) is 65.2 Å². The minimum absolute atomic E-state index is 0.241. The average molecular weight is 419 g/mol. The average Bonchev–Trinajstić information content (AvgIpc) is 2.77. The van der Waals surface area contributed by atoms with E-state index in [0.717, 1.165) is 37.5 Å². The third-order valence-electron chi connectivity index (χ3n) is 6.61. The van der Waals surface area contributed by atoms with Gasteiger partial charge in [0.2, 0.25) is 11.6 Å². The first-order chi connectivity index (χ1) is 14.5. The molecule has 0 radical (unpaired) electrons. The lowest BCUT2D eigenvalue weighted by Crippen LogP contribution is -2.30. The summed E-state index contributed by atoms with van der Waals surface area (Å²) in [5.74, 6) is -1.55. The van der Waals surface area contributed by atoms with Crippen LogP contribution in [0.15, 0.2) is 36.6 Å². The maximum atomic E-state index is 14.2. The largest absolute Gasteiger partial charge is 0.462 e. The highest BCUT2D eigenvalue weighted by atomic mass is 19.2. The molecule has 3 nitrogen and oxygen atoms in total. The number of carbonyl (C=O) groups is 1. The van der Waals surface area contributed by atoms with Gasteiger partial charge >= 0.3 is 5.97 Å². The number of halogens is 2. The number of hydrogen-bond acceptors (Lipinski definition) is 3. The molecule has 30 heavy (non-hydrogen) atoms. The van der Waals surface area contributed by atoms with Crippen molar-refractivity contribution in [1.29, 1.82) is 0 Å². The SMILES string of the molecule is CC=COc1ccc(OC(=O)C2CCC(C3CCC(C=CC)CC3)CC2)c(F)c1F. The molecule has 0 atom stereocenters.